The van der Waals surface area contributed by atoms with Crippen molar-refractivity contribution in [1.29, 1.82) is 0 Å². The Labute approximate surface area is 119 Å². The standard InChI is InChI=1S/C11H11Cl2NO3S/c1-6-2-3-7(12)11(10(6)13)14-8(15)4-18-5-9(16)17/h2-3H,4-5H2,1H3,(H,14,15)(H,16,17). The third-order valence-electron chi connectivity index (χ3n) is 2.01. The van der Waals surface area contributed by atoms with Gasteiger partial charge in [-0.2, -0.15) is 0 Å². The van der Waals surface area contributed by atoms with E-state index in [1.165, 1.54) is 0 Å². The number of aliphatic carboxylic acids is 1. The molecule has 0 radical (unpaired) electrons. The fourth-order valence-electron chi connectivity index (χ4n) is 1.18. The SMILES string of the molecule is Cc1ccc(Cl)c(NC(=O)CSCC(=O)O)c1Cl. The Balaban J connectivity index is 2.65. The second-order valence-electron chi connectivity index (χ2n) is 3.49. The molecule has 0 atom stereocenters. The predicted octanol–water partition coefficient (Wildman–Crippen LogP) is 3.06. The Morgan fingerprint density at radius 3 is 2.61 bits per heavy atom. The van der Waals surface area contributed by atoms with Crippen molar-refractivity contribution in [2.24, 2.45) is 0 Å². The van der Waals surface area contributed by atoms with Crippen molar-refractivity contribution in [2.45, 2.75) is 6.92 Å². The predicted molar refractivity (Wildman–Crippen MR) is 74.8 cm³/mol. The van der Waals surface area contributed by atoms with E-state index in [4.69, 9.17) is 28.3 Å². The number of anilines is 1. The van der Waals surface area contributed by atoms with Gasteiger partial charge in [0, 0.05) is 0 Å². The highest BCUT2D eigenvalue weighted by molar-refractivity contribution is 8.00. The number of aryl methyl sites for hydroxylation is 1. The van der Waals surface area contributed by atoms with Crippen LogP contribution in [-0.4, -0.2) is 28.5 Å². The molecule has 0 bridgehead atoms. The maximum Gasteiger partial charge on any atom is 0.313 e. The molecule has 0 saturated carbocycles. The first-order valence-electron chi connectivity index (χ1n) is 4.95. The van der Waals surface area contributed by atoms with Crippen LogP contribution in [0.4, 0.5) is 5.69 Å². The van der Waals surface area contributed by atoms with Crippen molar-refractivity contribution in [2.75, 3.05) is 16.8 Å². The molecule has 1 aromatic rings. The lowest BCUT2D eigenvalue weighted by atomic mass is 10.2. The summed E-state index contributed by atoms with van der Waals surface area (Å²) in [6, 6.07) is 3.39. The molecule has 1 amide bonds. The molecule has 98 valence electrons. The first-order valence-corrected chi connectivity index (χ1v) is 6.87. The number of nitrogens with one attached hydrogen (secondary N) is 1. The highest BCUT2D eigenvalue weighted by atomic mass is 35.5. The molecule has 0 heterocycles. The number of rotatable bonds is 5. The van der Waals surface area contributed by atoms with Gasteiger partial charge in [0.1, 0.15) is 0 Å². The van der Waals surface area contributed by atoms with Crippen molar-refractivity contribution in [3.05, 3.63) is 27.7 Å². The second-order valence-corrected chi connectivity index (χ2v) is 5.26. The van der Waals surface area contributed by atoms with E-state index in [-0.39, 0.29) is 17.4 Å². The average molecular weight is 308 g/mol. The first-order chi connectivity index (χ1) is 8.41. The zero-order chi connectivity index (χ0) is 13.7. The number of carboxylic acids is 1. The van der Waals surface area contributed by atoms with Gasteiger partial charge in [-0.1, -0.05) is 29.3 Å². The summed E-state index contributed by atoms with van der Waals surface area (Å²) in [6.07, 6.45) is 0. The molecule has 0 spiro atoms. The summed E-state index contributed by atoms with van der Waals surface area (Å²) >= 11 is 13.0. The van der Waals surface area contributed by atoms with E-state index in [0.717, 1.165) is 17.3 Å². The maximum absolute atomic E-state index is 11.6. The minimum absolute atomic E-state index is 0.0346. The number of halogens is 2. The third-order valence-corrected chi connectivity index (χ3v) is 3.73. The number of benzene rings is 1. The van der Waals surface area contributed by atoms with Crippen LogP contribution in [0.3, 0.4) is 0 Å². The Morgan fingerprint density at radius 1 is 1.33 bits per heavy atom. The number of amides is 1. The molecule has 4 nitrogen and oxygen atoms in total. The smallest absolute Gasteiger partial charge is 0.313 e. The largest absolute Gasteiger partial charge is 0.481 e. The van der Waals surface area contributed by atoms with Gasteiger partial charge in [-0.3, -0.25) is 9.59 Å². The van der Waals surface area contributed by atoms with Crippen LogP contribution >= 0.6 is 35.0 Å². The molecule has 0 aliphatic rings. The lowest BCUT2D eigenvalue weighted by molar-refractivity contribution is -0.133. The van der Waals surface area contributed by atoms with Crippen molar-refractivity contribution in [3.63, 3.8) is 0 Å². The van der Waals surface area contributed by atoms with Crippen LogP contribution in [0.1, 0.15) is 5.56 Å². The molecule has 18 heavy (non-hydrogen) atoms. The normalized spacial score (nSPS) is 10.2. The molecule has 0 aromatic heterocycles. The van der Waals surface area contributed by atoms with E-state index in [1.54, 1.807) is 19.1 Å². The van der Waals surface area contributed by atoms with Crippen LogP contribution in [-0.2, 0) is 9.59 Å². The summed E-state index contributed by atoms with van der Waals surface area (Å²) in [5, 5.41) is 11.8. The van der Waals surface area contributed by atoms with Gasteiger partial charge >= 0.3 is 5.97 Å². The Kier molecular flexibility index (Phi) is 5.78. The summed E-state index contributed by atoms with van der Waals surface area (Å²) < 4.78 is 0. The van der Waals surface area contributed by atoms with Crippen LogP contribution in [0.15, 0.2) is 12.1 Å². The van der Waals surface area contributed by atoms with Gasteiger partial charge in [0.15, 0.2) is 0 Å². The maximum atomic E-state index is 11.6. The molecule has 0 saturated heterocycles. The van der Waals surface area contributed by atoms with E-state index in [1.807, 2.05) is 0 Å². The summed E-state index contributed by atoms with van der Waals surface area (Å²) in [5.41, 5.74) is 1.16. The molecule has 1 aromatic carbocycles. The molecule has 7 heteroatoms. The number of carbonyl (C=O) groups excluding carboxylic acids is 1. The van der Waals surface area contributed by atoms with Crippen LogP contribution in [0.25, 0.3) is 0 Å². The minimum Gasteiger partial charge on any atom is -0.481 e. The highest BCUT2D eigenvalue weighted by Crippen LogP contribution is 2.32. The fourth-order valence-corrected chi connectivity index (χ4v) is 2.18. The third kappa shape index (κ3) is 4.40. The van der Waals surface area contributed by atoms with Crippen molar-refractivity contribution in [3.8, 4) is 0 Å². The number of hydrogen-bond acceptors (Lipinski definition) is 3. The van der Waals surface area contributed by atoms with Gasteiger partial charge in [0.25, 0.3) is 0 Å². The molecule has 1 rings (SSSR count). The summed E-state index contributed by atoms with van der Waals surface area (Å²) in [4.78, 5) is 21.9. The lowest BCUT2D eigenvalue weighted by Gasteiger charge is -2.10. The Hall–Kier alpha value is -0.910. The zero-order valence-corrected chi connectivity index (χ0v) is 11.8. The second kappa shape index (κ2) is 6.87. The van der Waals surface area contributed by atoms with E-state index < -0.39 is 5.97 Å². The quantitative estimate of drug-likeness (QED) is 0.877. The molecule has 0 aliphatic carbocycles. The summed E-state index contributed by atoms with van der Waals surface area (Å²) in [7, 11) is 0. The Morgan fingerprint density at radius 2 is 2.00 bits per heavy atom. The van der Waals surface area contributed by atoms with Gasteiger partial charge in [0.05, 0.1) is 27.2 Å². The molecule has 2 N–H and O–H groups in total. The number of hydrogen-bond donors (Lipinski definition) is 2. The Bertz CT molecular complexity index is 480. The first kappa shape index (κ1) is 15.1. The highest BCUT2D eigenvalue weighted by Gasteiger charge is 2.12. The molecule has 0 fully saturated rings. The monoisotopic (exact) mass is 307 g/mol. The molecule has 0 unspecified atom stereocenters. The van der Waals surface area contributed by atoms with Crippen LogP contribution in [0.2, 0.25) is 10.0 Å². The van der Waals surface area contributed by atoms with Crippen LogP contribution in [0, 0.1) is 6.92 Å². The molecular formula is C11H11Cl2NO3S. The van der Waals surface area contributed by atoms with E-state index in [0.29, 0.717) is 15.7 Å². The van der Waals surface area contributed by atoms with Crippen molar-refractivity contribution >= 4 is 52.5 Å². The fraction of sp³-hybridized carbons (Fsp3) is 0.273. The number of carbonyl (C=O) groups is 2. The summed E-state index contributed by atoms with van der Waals surface area (Å²) in [5.74, 6) is -1.38. The van der Waals surface area contributed by atoms with Gasteiger partial charge in [-0.05, 0) is 18.6 Å². The van der Waals surface area contributed by atoms with Crippen molar-refractivity contribution < 1.29 is 14.7 Å². The van der Waals surface area contributed by atoms with Gasteiger partial charge in [-0.15, -0.1) is 11.8 Å². The van der Waals surface area contributed by atoms with E-state index >= 15 is 0 Å². The van der Waals surface area contributed by atoms with Gasteiger partial charge in [-0.25, -0.2) is 0 Å². The van der Waals surface area contributed by atoms with E-state index in [2.05, 4.69) is 5.32 Å². The van der Waals surface area contributed by atoms with Crippen molar-refractivity contribution in [1.82, 2.24) is 0 Å². The molecule has 0 aliphatic heterocycles. The minimum atomic E-state index is -0.959. The van der Waals surface area contributed by atoms with Gasteiger partial charge in [0.2, 0.25) is 5.91 Å². The topological polar surface area (TPSA) is 66.4 Å². The van der Waals surface area contributed by atoms with E-state index in [9.17, 15) is 9.59 Å². The van der Waals surface area contributed by atoms with Crippen LogP contribution in [0.5, 0.6) is 0 Å². The zero-order valence-electron chi connectivity index (χ0n) is 9.50. The number of carboxylic acid groups (broad SMARTS) is 1. The average Bonchev–Trinajstić information content (AvgIpc) is 2.29. The summed E-state index contributed by atoms with van der Waals surface area (Å²) in [6.45, 7) is 1.80. The van der Waals surface area contributed by atoms with Crippen LogP contribution < -0.4 is 5.32 Å². The van der Waals surface area contributed by atoms with Gasteiger partial charge < -0.3 is 10.4 Å². The molecular weight excluding hydrogens is 297 g/mol. The lowest BCUT2D eigenvalue weighted by Crippen LogP contribution is -2.16. The number of thioether (sulfide) groups is 1.